The van der Waals surface area contributed by atoms with Crippen LogP contribution in [-0.4, -0.2) is 124 Å². The van der Waals surface area contributed by atoms with E-state index in [9.17, 15) is 48.9 Å². The molecule has 0 radical (unpaired) electrons. The van der Waals surface area contributed by atoms with Gasteiger partial charge in [-0.05, 0) is 36.1 Å². The highest BCUT2D eigenvalue weighted by molar-refractivity contribution is 6.13. The van der Waals surface area contributed by atoms with Crippen LogP contribution < -0.4 is 26.6 Å². The molecule has 8 N–H and O–H groups in total. The molecule has 0 bridgehead atoms. The molecular weight excluding hydrogens is 732 g/mol. The summed E-state index contributed by atoms with van der Waals surface area (Å²) in [4.78, 5) is 89.1. The monoisotopic (exact) mass is 780 g/mol. The Kier molecular flexibility index (Phi) is 15.6. The van der Waals surface area contributed by atoms with Crippen molar-refractivity contribution in [2.45, 2.75) is 82.7 Å². The standard InChI is InChI=1S/C38H48N6O12/c1-21(2)32(42-29(47)15-16-44-30(48)13-14-31(44)49)37(53)39-22(3)35(51)40-25-11-9-24(10-12-25)19-56-38(54)41-26(17-23-7-5-4-6-8-23)36(52)43-33-28(18-45)55-20-27(46)34(33)50/h4-14,21-22,26-28,32-34,45-46,50H,15-20H2,1-3H3,(H,39,53)(H,40,51)(H,41,54)(H,42,47)(H,43,52)/t22-,26+,27+,28-,32-,33?,34-/m0/s1. The summed E-state index contributed by atoms with van der Waals surface area (Å²) >= 11 is 0. The summed E-state index contributed by atoms with van der Waals surface area (Å²) < 4.78 is 10.7. The van der Waals surface area contributed by atoms with Gasteiger partial charge in [-0.1, -0.05) is 56.3 Å². The smallest absolute Gasteiger partial charge is 0.408 e. The molecule has 4 rings (SSSR count). The largest absolute Gasteiger partial charge is 0.445 e. The van der Waals surface area contributed by atoms with Gasteiger partial charge in [0.05, 0.1) is 19.3 Å². The van der Waals surface area contributed by atoms with Crippen LogP contribution in [0.25, 0.3) is 0 Å². The first-order valence-corrected chi connectivity index (χ1v) is 18.1. The van der Waals surface area contributed by atoms with E-state index in [1.54, 1.807) is 68.4 Å². The van der Waals surface area contributed by atoms with E-state index in [0.29, 0.717) is 16.8 Å². The number of aliphatic hydroxyl groups is 3. The molecule has 2 aromatic rings. The van der Waals surface area contributed by atoms with Crippen LogP contribution in [0.2, 0.25) is 0 Å². The number of imide groups is 1. The lowest BCUT2D eigenvalue weighted by Crippen LogP contribution is -2.63. The fourth-order valence-corrected chi connectivity index (χ4v) is 5.83. The van der Waals surface area contributed by atoms with Crippen LogP contribution in [0.15, 0.2) is 66.7 Å². The van der Waals surface area contributed by atoms with Crippen molar-refractivity contribution in [2.75, 3.05) is 25.1 Å². The van der Waals surface area contributed by atoms with Crippen molar-refractivity contribution in [2.24, 2.45) is 5.92 Å². The molecule has 7 atom stereocenters. The van der Waals surface area contributed by atoms with Crippen LogP contribution in [0.5, 0.6) is 0 Å². The van der Waals surface area contributed by atoms with E-state index in [1.165, 1.54) is 6.92 Å². The Hall–Kier alpha value is -5.69. The highest BCUT2D eigenvalue weighted by Gasteiger charge is 2.40. The van der Waals surface area contributed by atoms with E-state index in [1.807, 2.05) is 0 Å². The highest BCUT2D eigenvalue weighted by atomic mass is 16.5. The summed E-state index contributed by atoms with van der Waals surface area (Å²) in [5.41, 5.74) is 1.63. The van der Waals surface area contributed by atoms with Crippen LogP contribution in [-0.2, 0) is 51.3 Å². The summed E-state index contributed by atoms with van der Waals surface area (Å²) in [5.74, 6) is -3.80. The second-order valence-corrected chi connectivity index (χ2v) is 13.7. The van der Waals surface area contributed by atoms with E-state index in [4.69, 9.17) is 9.47 Å². The third-order valence-corrected chi connectivity index (χ3v) is 9.10. The number of carbonyl (C=O) groups excluding carboxylic acids is 7. The molecule has 0 aliphatic carbocycles. The Morgan fingerprint density at radius 1 is 0.857 bits per heavy atom. The number of nitrogens with one attached hydrogen (secondary N) is 5. The molecule has 18 nitrogen and oxygen atoms in total. The van der Waals surface area contributed by atoms with Gasteiger partial charge in [0.15, 0.2) is 0 Å². The molecule has 0 aromatic heterocycles. The number of aliphatic hydroxyl groups excluding tert-OH is 3. The van der Waals surface area contributed by atoms with Gasteiger partial charge < -0.3 is 51.4 Å². The summed E-state index contributed by atoms with van der Waals surface area (Å²) in [7, 11) is 0. The number of alkyl carbamates (subject to hydrolysis) is 1. The van der Waals surface area contributed by atoms with Gasteiger partial charge in [0.1, 0.15) is 43.0 Å². The van der Waals surface area contributed by atoms with Gasteiger partial charge in [0, 0.05) is 37.2 Å². The number of amides is 7. The third-order valence-electron chi connectivity index (χ3n) is 9.10. The van der Waals surface area contributed by atoms with Crippen LogP contribution in [0.4, 0.5) is 10.5 Å². The molecule has 2 aromatic carbocycles. The summed E-state index contributed by atoms with van der Waals surface area (Å²) in [6.07, 6.45) is -2.53. The lowest BCUT2D eigenvalue weighted by molar-refractivity contribution is -0.157. The average Bonchev–Trinajstić information content (AvgIpc) is 3.50. The lowest BCUT2D eigenvalue weighted by atomic mass is 9.96. The summed E-state index contributed by atoms with van der Waals surface area (Å²) in [5, 5.41) is 43.1. The Morgan fingerprint density at radius 2 is 1.52 bits per heavy atom. The molecule has 302 valence electrons. The Labute approximate surface area is 323 Å². The molecule has 0 spiro atoms. The molecule has 2 aliphatic heterocycles. The minimum atomic E-state index is -1.42. The fourth-order valence-electron chi connectivity index (χ4n) is 5.83. The normalized spacial score (nSPS) is 20.8. The summed E-state index contributed by atoms with van der Waals surface area (Å²) in [6, 6.07) is 10.8. The fraction of sp³-hybridized carbons (Fsp3) is 0.447. The maximum Gasteiger partial charge on any atom is 0.408 e. The van der Waals surface area contributed by atoms with Gasteiger partial charge >= 0.3 is 6.09 Å². The third kappa shape index (κ3) is 12.2. The molecule has 1 fully saturated rings. The molecule has 18 heteroatoms. The second-order valence-electron chi connectivity index (χ2n) is 13.7. The Morgan fingerprint density at radius 3 is 2.14 bits per heavy atom. The van der Waals surface area contributed by atoms with Gasteiger partial charge in [-0.15, -0.1) is 0 Å². The van der Waals surface area contributed by atoms with E-state index in [2.05, 4.69) is 26.6 Å². The average molecular weight is 781 g/mol. The number of hydrogen-bond acceptors (Lipinski definition) is 12. The van der Waals surface area contributed by atoms with Gasteiger partial charge in [-0.25, -0.2) is 4.79 Å². The first-order valence-electron chi connectivity index (χ1n) is 18.1. The van der Waals surface area contributed by atoms with Gasteiger partial charge in [-0.2, -0.15) is 0 Å². The van der Waals surface area contributed by atoms with Crippen molar-refractivity contribution < 1.29 is 58.4 Å². The summed E-state index contributed by atoms with van der Waals surface area (Å²) in [6.45, 7) is 3.79. The minimum absolute atomic E-state index is 0.0567. The van der Waals surface area contributed by atoms with E-state index in [-0.39, 0.29) is 38.5 Å². The van der Waals surface area contributed by atoms with Crippen molar-refractivity contribution in [1.82, 2.24) is 26.2 Å². The zero-order valence-corrected chi connectivity index (χ0v) is 31.2. The number of ether oxygens (including phenoxy) is 2. The number of anilines is 1. The number of hydrogen-bond donors (Lipinski definition) is 8. The molecule has 56 heavy (non-hydrogen) atoms. The van der Waals surface area contributed by atoms with Gasteiger partial charge in [0.2, 0.25) is 23.6 Å². The maximum atomic E-state index is 13.4. The van der Waals surface area contributed by atoms with Crippen molar-refractivity contribution in [1.29, 1.82) is 0 Å². The topological polar surface area (TPSA) is 262 Å². The molecule has 2 heterocycles. The second kappa shape index (κ2) is 20.3. The number of nitrogens with zero attached hydrogens (tertiary/aromatic N) is 1. The van der Waals surface area contributed by atoms with Crippen molar-refractivity contribution in [3.8, 4) is 0 Å². The highest BCUT2D eigenvalue weighted by Crippen LogP contribution is 2.17. The quantitative estimate of drug-likeness (QED) is 0.0902. The molecular formula is C38H48N6O12. The number of carbonyl (C=O) groups is 7. The molecule has 7 amide bonds. The first-order chi connectivity index (χ1) is 26.7. The van der Waals surface area contributed by atoms with Crippen LogP contribution in [0.3, 0.4) is 0 Å². The van der Waals surface area contributed by atoms with Gasteiger partial charge in [0.25, 0.3) is 11.8 Å². The van der Waals surface area contributed by atoms with E-state index >= 15 is 0 Å². The zero-order chi connectivity index (χ0) is 40.9. The predicted octanol–water partition coefficient (Wildman–Crippen LogP) is -0.979. The lowest BCUT2D eigenvalue weighted by Gasteiger charge is -2.38. The Balaban J connectivity index is 1.26. The van der Waals surface area contributed by atoms with Crippen molar-refractivity contribution in [3.05, 3.63) is 77.9 Å². The maximum absolute atomic E-state index is 13.4. The SMILES string of the molecule is CC(C)[C@H](NC(=O)CCN1C(=O)C=CC1=O)C(=O)N[C@@H](C)C(=O)Nc1ccc(COC(=O)N[C@H](Cc2ccccc2)C(=O)NC2[C@H](CO)OC[C@@H](O)[C@@H]2O)cc1. The van der Waals surface area contributed by atoms with Gasteiger partial charge in [-0.3, -0.25) is 33.7 Å². The van der Waals surface area contributed by atoms with E-state index < -0.39 is 90.6 Å². The van der Waals surface area contributed by atoms with Crippen LogP contribution in [0.1, 0.15) is 38.3 Å². The number of benzene rings is 2. The molecule has 0 saturated carbocycles. The molecule has 2 aliphatic rings. The van der Waals surface area contributed by atoms with Crippen LogP contribution in [0, 0.1) is 5.92 Å². The number of rotatable bonds is 17. The molecule has 1 saturated heterocycles. The first kappa shape index (κ1) is 43.0. The van der Waals surface area contributed by atoms with Crippen molar-refractivity contribution in [3.63, 3.8) is 0 Å². The zero-order valence-electron chi connectivity index (χ0n) is 31.2. The van der Waals surface area contributed by atoms with Crippen LogP contribution >= 0.6 is 0 Å². The Bertz CT molecular complexity index is 1730. The molecule has 1 unspecified atom stereocenters. The van der Waals surface area contributed by atoms with E-state index in [0.717, 1.165) is 17.1 Å². The predicted molar refractivity (Wildman–Crippen MR) is 198 cm³/mol. The van der Waals surface area contributed by atoms with Crippen molar-refractivity contribution >= 4 is 47.2 Å². The minimum Gasteiger partial charge on any atom is -0.445 e.